The molecule has 3 nitrogen and oxygen atoms in total. The summed E-state index contributed by atoms with van der Waals surface area (Å²) in [5, 5.41) is 0. The van der Waals surface area contributed by atoms with Gasteiger partial charge < -0.3 is 9.42 Å². The molecular weight excluding hydrogens is 241 g/mol. The van der Waals surface area contributed by atoms with E-state index in [-0.39, 0.29) is 10.1 Å². The molecule has 1 N–H and O–H groups in total. The standard InChI is InChI=1S/C11H28NO2PS/c1-7-14-15(13)16(6)9-8-12(10(2)3)11(4)5/h10-11,13,15H,7-9H2,1-6H3. The van der Waals surface area contributed by atoms with Crippen LogP contribution in [0.5, 0.6) is 0 Å². The molecule has 0 aromatic heterocycles. The topological polar surface area (TPSA) is 32.7 Å². The Labute approximate surface area is 104 Å². The summed E-state index contributed by atoms with van der Waals surface area (Å²) in [7, 11) is -1.54. The van der Waals surface area contributed by atoms with Crippen molar-refractivity contribution in [1.82, 2.24) is 4.90 Å². The van der Waals surface area contributed by atoms with Crippen molar-refractivity contribution in [3.63, 3.8) is 0 Å². The molecule has 0 heterocycles. The first-order valence-electron chi connectivity index (χ1n) is 5.97. The third-order valence-corrected chi connectivity index (χ3v) is 7.23. The van der Waals surface area contributed by atoms with E-state index in [0.29, 0.717) is 18.7 Å². The summed E-state index contributed by atoms with van der Waals surface area (Å²) < 4.78 is 5.31. The van der Waals surface area contributed by atoms with Gasteiger partial charge in [-0.05, 0) is 40.9 Å². The molecule has 0 fully saturated rings. The summed E-state index contributed by atoms with van der Waals surface area (Å²) >= 11 is 0. The fourth-order valence-electron chi connectivity index (χ4n) is 1.67. The zero-order valence-corrected chi connectivity index (χ0v) is 13.3. The Balaban J connectivity index is 4.25. The molecule has 0 aliphatic rings. The van der Waals surface area contributed by atoms with Crippen LogP contribution in [0.3, 0.4) is 0 Å². The summed E-state index contributed by atoms with van der Waals surface area (Å²) in [4.78, 5) is 12.2. The average Bonchev–Trinajstić information content (AvgIpc) is 2.16. The molecule has 0 aromatic carbocycles. The summed E-state index contributed by atoms with van der Waals surface area (Å²) in [5.74, 6) is 1.04. The van der Waals surface area contributed by atoms with Gasteiger partial charge in [-0.1, -0.05) is 0 Å². The van der Waals surface area contributed by atoms with Crippen LogP contribution in [0.4, 0.5) is 0 Å². The third kappa shape index (κ3) is 6.41. The molecule has 5 heteroatoms. The predicted octanol–water partition coefficient (Wildman–Crippen LogP) is 2.34. The van der Waals surface area contributed by atoms with Gasteiger partial charge in [-0.15, -0.1) is 10.1 Å². The van der Waals surface area contributed by atoms with Gasteiger partial charge in [0.15, 0.2) is 0 Å². The molecule has 0 saturated carbocycles. The minimum atomic E-state index is -1.56. The van der Waals surface area contributed by atoms with Crippen LogP contribution in [-0.4, -0.2) is 47.0 Å². The lowest BCUT2D eigenvalue weighted by molar-refractivity contribution is 0.187. The molecule has 16 heavy (non-hydrogen) atoms. The van der Waals surface area contributed by atoms with Crippen LogP contribution in [0.1, 0.15) is 34.6 Å². The molecule has 2 unspecified atom stereocenters. The van der Waals surface area contributed by atoms with Crippen LogP contribution in [0.15, 0.2) is 0 Å². The molecule has 0 amide bonds. The van der Waals surface area contributed by atoms with Gasteiger partial charge in [0.2, 0.25) is 0 Å². The fraction of sp³-hybridized carbons (Fsp3) is 1.00. The van der Waals surface area contributed by atoms with Crippen LogP contribution >= 0.6 is 7.15 Å². The van der Waals surface area contributed by atoms with E-state index >= 15 is 0 Å². The molecule has 0 saturated heterocycles. The minimum Gasteiger partial charge on any atom is -0.351 e. The predicted molar refractivity (Wildman–Crippen MR) is 77.3 cm³/mol. The van der Waals surface area contributed by atoms with Gasteiger partial charge in [0.05, 0.1) is 6.61 Å². The smallest absolute Gasteiger partial charge is 0.133 e. The van der Waals surface area contributed by atoms with Crippen LogP contribution < -0.4 is 0 Å². The second kappa shape index (κ2) is 8.71. The first-order valence-corrected chi connectivity index (χ1v) is 9.85. The van der Waals surface area contributed by atoms with Crippen LogP contribution in [0.2, 0.25) is 0 Å². The minimum absolute atomic E-state index is 0.0252. The third-order valence-electron chi connectivity index (χ3n) is 2.55. The van der Waals surface area contributed by atoms with Crippen molar-refractivity contribution < 1.29 is 9.42 Å². The zero-order chi connectivity index (χ0) is 12.7. The Morgan fingerprint density at radius 2 is 1.75 bits per heavy atom. The van der Waals surface area contributed by atoms with E-state index in [4.69, 9.17) is 4.52 Å². The molecular formula is C11H28NO2PS. The lowest BCUT2D eigenvalue weighted by Crippen LogP contribution is -2.39. The highest BCUT2D eigenvalue weighted by molar-refractivity contribution is 8.23. The van der Waals surface area contributed by atoms with Gasteiger partial charge in [-0.25, -0.2) is 0 Å². The second-order valence-electron chi connectivity index (χ2n) is 4.47. The summed E-state index contributed by atoms with van der Waals surface area (Å²) in [6, 6.07) is 1.14. The maximum absolute atomic E-state index is 9.78. The summed E-state index contributed by atoms with van der Waals surface area (Å²) in [6.07, 6.45) is 2.11. The van der Waals surface area contributed by atoms with E-state index in [1.807, 2.05) is 6.92 Å². The lowest BCUT2D eigenvalue weighted by atomic mass is 10.2. The largest absolute Gasteiger partial charge is 0.351 e. The van der Waals surface area contributed by atoms with Gasteiger partial charge in [0, 0.05) is 24.4 Å². The Morgan fingerprint density at radius 1 is 1.25 bits per heavy atom. The van der Waals surface area contributed by atoms with Crippen molar-refractivity contribution in [2.75, 3.05) is 25.2 Å². The van der Waals surface area contributed by atoms with Crippen molar-refractivity contribution >= 4 is 17.2 Å². The Bertz CT molecular complexity index is 224. The molecule has 2 atom stereocenters. The molecule has 0 spiro atoms. The van der Waals surface area contributed by atoms with E-state index in [0.717, 1.165) is 12.3 Å². The highest BCUT2D eigenvalue weighted by atomic mass is 32.5. The fourth-order valence-corrected chi connectivity index (χ4v) is 4.53. The SMILES string of the molecule is CCO[PH](O)=S(C)CCN(C(C)C)C(C)C. The monoisotopic (exact) mass is 269 g/mol. The van der Waals surface area contributed by atoms with Gasteiger partial charge in [0.25, 0.3) is 0 Å². The number of hydrogen-bond donors (Lipinski definition) is 1. The molecule has 0 aliphatic heterocycles. The van der Waals surface area contributed by atoms with Crippen LogP contribution in [0, 0.1) is 0 Å². The van der Waals surface area contributed by atoms with Gasteiger partial charge in [-0.3, -0.25) is 4.90 Å². The molecule has 0 bridgehead atoms. The summed E-state index contributed by atoms with van der Waals surface area (Å²) in [5.41, 5.74) is 0. The first-order chi connectivity index (χ1) is 7.40. The van der Waals surface area contributed by atoms with Crippen molar-refractivity contribution in [2.45, 2.75) is 46.7 Å². The molecule has 100 valence electrons. The average molecular weight is 269 g/mol. The Morgan fingerprint density at radius 3 is 2.12 bits per heavy atom. The van der Waals surface area contributed by atoms with Gasteiger partial charge >= 0.3 is 0 Å². The van der Waals surface area contributed by atoms with E-state index < -0.39 is 7.15 Å². The maximum atomic E-state index is 9.78. The highest BCUT2D eigenvalue weighted by Crippen LogP contribution is 2.23. The highest BCUT2D eigenvalue weighted by Gasteiger charge is 2.12. The van der Waals surface area contributed by atoms with E-state index in [2.05, 4.69) is 38.9 Å². The van der Waals surface area contributed by atoms with Crippen molar-refractivity contribution in [2.24, 2.45) is 0 Å². The second-order valence-corrected chi connectivity index (χ2v) is 10.1. The Hall–Kier alpha value is 0.660. The van der Waals surface area contributed by atoms with E-state index in [1.165, 1.54) is 0 Å². The quantitative estimate of drug-likeness (QED) is 0.720. The first kappa shape index (κ1) is 16.7. The zero-order valence-electron chi connectivity index (χ0n) is 11.5. The van der Waals surface area contributed by atoms with Crippen molar-refractivity contribution in [3.05, 3.63) is 0 Å². The molecule has 0 aromatic rings. The lowest BCUT2D eigenvalue weighted by Gasteiger charge is -2.30. The van der Waals surface area contributed by atoms with Gasteiger partial charge in [0.1, 0.15) is 7.15 Å². The maximum Gasteiger partial charge on any atom is 0.133 e. The normalized spacial score (nSPS) is 16.1. The summed E-state index contributed by atoms with van der Waals surface area (Å²) in [6.45, 7) is 12.5. The Kier molecular flexibility index (Phi) is 9.07. The van der Waals surface area contributed by atoms with Crippen LogP contribution in [-0.2, 0) is 14.6 Å². The van der Waals surface area contributed by atoms with E-state index in [1.54, 1.807) is 0 Å². The van der Waals surface area contributed by atoms with Crippen molar-refractivity contribution in [3.8, 4) is 0 Å². The number of nitrogens with zero attached hydrogens (tertiary/aromatic N) is 1. The molecule has 0 radical (unpaired) electrons. The van der Waals surface area contributed by atoms with E-state index in [9.17, 15) is 4.89 Å². The van der Waals surface area contributed by atoms with Crippen LogP contribution in [0.25, 0.3) is 0 Å². The van der Waals surface area contributed by atoms with Gasteiger partial charge in [-0.2, -0.15) is 0 Å². The molecule has 0 rings (SSSR count). The van der Waals surface area contributed by atoms with Crippen molar-refractivity contribution in [1.29, 1.82) is 0 Å². The molecule has 0 aliphatic carbocycles. The number of rotatable bonds is 7. The number of hydrogen-bond acceptors (Lipinski definition) is 2.